The fourth-order valence-electron chi connectivity index (χ4n) is 2.16. The van der Waals surface area contributed by atoms with Crippen molar-refractivity contribution >= 4 is 11.0 Å². The molecule has 98 valence electrons. The number of aromatic nitrogens is 2. The molecule has 0 unspecified atom stereocenters. The molecular formula is C15H9F2N3. The molecule has 0 spiro atoms. The van der Waals surface area contributed by atoms with Gasteiger partial charge in [0.2, 0.25) is 0 Å². The molecule has 0 saturated heterocycles. The van der Waals surface area contributed by atoms with Crippen molar-refractivity contribution in [1.82, 2.24) is 9.55 Å². The molecule has 5 heteroatoms. The lowest BCUT2D eigenvalue weighted by Crippen LogP contribution is -1.99. The largest absolute Gasteiger partial charge is 0.310 e. The first-order valence-electron chi connectivity index (χ1n) is 5.98. The zero-order valence-corrected chi connectivity index (χ0v) is 10.3. The molecule has 0 aliphatic carbocycles. The molecule has 0 atom stereocenters. The molecule has 1 aromatic heterocycles. The van der Waals surface area contributed by atoms with Crippen LogP contribution in [-0.2, 0) is 6.54 Å². The van der Waals surface area contributed by atoms with Gasteiger partial charge in [0.15, 0.2) is 11.6 Å². The van der Waals surface area contributed by atoms with Crippen LogP contribution in [0.1, 0.15) is 0 Å². The Morgan fingerprint density at radius 2 is 1.80 bits per heavy atom. The minimum absolute atomic E-state index is 0.0196. The number of hydrogen-bond acceptors (Lipinski definition) is 2. The summed E-state index contributed by atoms with van der Waals surface area (Å²) in [5.41, 5.74) is 1.53. The molecule has 2 aromatic carbocycles. The molecular weight excluding hydrogens is 260 g/mol. The van der Waals surface area contributed by atoms with Gasteiger partial charge in [-0.3, -0.25) is 0 Å². The lowest BCUT2D eigenvalue weighted by atomic mass is 10.2. The highest BCUT2D eigenvalue weighted by atomic mass is 19.2. The van der Waals surface area contributed by atoms with Gasteiger partial charge >= 0.3 is 0 Å². The van der Waals surface area contributed by atoms with E-state index in [1.165, 1.54) is 0 Å². The quantitative estimate of drug-likeness (QED) is 0.714. The number of benzene rings is 2. The van der Waals surface area contributed by atoms with Gasteiger partial charge in [-0.1, -0.05) is 30.3 Å². The lowest BCUT2D eigenvalue weighted by molar-refractivity contribution is 0.510. The van der Waals surface area contributed by atoms with Gasteiger partial charge in [0.25, 0.3) is 0 Å². The average molecular weight is 269 g/mol. The van der Waals surface area contributed by atoms with Gasteiger partial charge in [-0.2, -0.15) is 5.26 Å². The van der Waals surface area contributed by atoms with Crippen LogP contribution >= 0.6 is 0 Å². The standard InChI is InChI=1S/C15H9F2N3/c16-11-8-13-14(9-12(11)17)20(7-6-18)15(19-13)10-4-2-1-3-5-10/h1-5,8-9H,7H2. The second-order valence-electron chi connectivity index (χ2n) is 4.30. The highest BCUT2D eigenvalue weighted by Crippen LogP contribution is 2.26. The van der Waals surface area contributed by atoms with E-state index in [9.17, 15) is 8.78 Å². The van der Waals surface area contributed by atoms with E-state index in [0.29, 0.717) is 16.9 Å². The molecule has 0 amide bonds. The first-order valence-corrected chi connectivity index (χ1v) is 5.98. The molecule has 3 nitrogen and oxygen atoms in total. The summed E-state index contributed by atoms with van der Waals surface area (Å²) in [5, 5.41) is 8.93. The Balaban J connectivity index is 2.32. The number of nitrogens with zero attached hydrogens (tertiary/aromatic N) is 3. The van der Waals surface area contributed by atoms with Crippen LogP contribution in [0.2, 0.25) is 0 Å². The van der Waals surface area contributed by atoms with E-state index < -0.39 is 11.6 Å². The monoisotopic (exact) mass is 269 g/mol. The van der Waals surface area contributed by atoms with E-state index in [1.54, 1.807) is 4.57 Å². The topological polar surface area (TPSA) is 41.6 Å². The fourth-order valence-corrected chi connectivity index (χ4v) is 2.16. The maximum atomic E-state index is 13.4. The molecule has 3 rings (SSSR count). The van der Waals surface area contributed by atoms with Crippen molar-refractivity contribution in [3.05, 3.63) is 54.1 Å². The maximum absolute atomic E-state index is 13.4. The maximum Gasteiger partial charge on any atom is 0.161 e. The predicted octanol–water partition coefficient (Wildman–Crippen LogP) is 3.51. The Morgan fingerprint density at radius 1 is 1.10 bits per heavy atom. The Bertz CT molecular complexity index is 816. The molecule has 0 aliphatic heterocycles. The van der Waals surface area contributed by atoms with Crippen LogP contribution < -0.4 is 0 Å². The van der Waals surface area contributed by atoms with Crippen LogP contribution in [0.15, 0.2) is 42.5 Å². The third-order valence-electron chi connectivity index (χ3n) is 3.05. The third kappa shape index (κ3) is 1.91. The van der Waals surface area contributed by atoms with Gasteiger partial charge in [0.05, 0.1) is 17.1 Å². The number of hydrogen-bond donors (Lipinski definition) is 0. The van der Waals surface area contributed by atoms with Gasteiger partial charge in [-0.15, -0.1) is 0 Å². The smallest absolute Gasteiger partial charge is 0.161 e. The van der Waals surface area contributed by atoms with Crippen molar-refractivity contribution in [2.45, 2.75) is 6.54 Å². The molecule has 0 aliphatic rings. The summed E-state index contributed by atoms with van der Waals surface area (Å²) >= 11 is 0. The van der Waals surface area contributed by atoms with Crippen LogP contribution in [0.3, 0.4) is 0 Å². The molecule has 3 aromatic rings. The van der Waals surface area contributed by atoms with Crippen LogP contribution in [-0.4, -0.2) is 9.55 Å². The Morgan fingerprint density at radius 3 is 2.50 bits per heavy atom. The summed E-state index contributed by atoms with van der Waals surface area (Å²) in [4.78, 5) is 4.31. The van der Waals surface area contributed by atoms with E-state index >= 15 is 0 Å². The SMILES string of the molecule is N#CCn1c(-c2ccccc2)nc2cc(F)c(F)cc21. The molecule has 0 radical (unpaired) electrons. The number of fused-ring (bicyclic) bond motifs is 1. The van der Waals surface area contributed by atoms with E-state index in [0.717, 1.165) is 17.7 Å². The van der Waals surface area contributed by atoms with E-state index in [-0.39, 0.29) is 6.54 Å². The normalized spacial score (nSPS) is 10.7. The van der Waals surface area contributed by atoms with Gasteiger partial charge in [-0.05, 0) is 0 Å². The summed E-state index contributed by atoms with van der Waals surface area (Å²) in [7, 11) is 0. The highest BCUT2D eigenvalue weighted by Gasteiger charge is 2.15. The number of halogens is 2. The van der Waals surface area contributed by atoms with Gasteiger partial charge in [0.1, 0.15) is 12.4 Å². The molecule has 0 fully saturated rings. The summed E-state index contributed by atoms with van der Waals surface area (Å²) < 4.78 is 28.2. The van der Waals surface area contributed by atoms with Crippen LogP contribution in [0.4, 0.5) is 8.78 Å². The molecule has 0 saturated carbocycles. The first kappa shape index (κ1) is 12.3. The van der Waals surface area contributed by atoms with Crippen molar-refractivity contribution in [1.29, 1.82) is 5.26 Å². The molecule has 1 heterocycles. The van der Waals surface area contributed by atoms with Gasteiger partial charge in [0, 0.05) is 17.7 Å². The van der Waals surface area contributed by atoms with Crippen molar-refractivity contribution in [2.75, 3.05) is 0 Å². The zero-order valence-electron chi connectivity index (χ0n) is 10.3. The Labute approximate surface area is 113 Å². The van der Waals surface area contributed by atoms with Crippen LogP contribution in [0.5, 0.6) is 0 Å². The summed E-state index contributed by atoms with van der Waals surface area (Å²) in [6.07, 6.45) is 0. The third-order valence-corrected chi connectivity index (χ3v) is 3.05. The number of imidazole rings is 1. The highest BCUT2D eigenvalue weighted by molar-refractivity contribution is 5.81. The van der Waals surface area contributed by atoms with Crippen LogP contribution in [0.25, 0.3) is 22.4 Å². The van der Waals surface area contributed by atoms with Crippen molar-refractivity contribution in [3.8, 4) is 17.5 Å². The van der Waals surface area contributed by atoms with Gasteiger partial charge in [-0.25, -0.2) is 13.8 Å². The molecule has 0 N–H and O–H groups in total. The van der Waals surface area contributed by atoms with Crippen LogP contribution in [0, 0.1) is 23.0 Å². The van der Waals surface area contributed by atoms with E-state index in [1.807, 2.05) is 36.4 Å². The zero-order chi connectivity index (χ0) is 14.1. The summed E-state index contributed by atoms with van der Waals surface area (Å²) in [5.74, 6) is -1.37. The second kappa shape index (κ2) is 4.74. The molecule has 0 bridgehead atoms. The number of nitriles is 1. The molecule has 20 heavy (non-hydrogen) atoms. The fraction of sp³-hybridized carbons (Fsp3) is 0.0667. The van der Waals surface area contributed by atoms with Gasteiger partial charge < -0.3 is 4.57 Å². The van der Waals surface area contributed by atoms with Crippen molar-refractivity contribution in [3.63, 3.8) is 0 Å². The first-order chi connectivity index (χ1) is 9.70. The minimum Gasteiger partial charge on any atom is -0.310 e. The average Bonchev–Trinajstić information content (AvgIpc) is 2.79. The summed E-state index contributed by atoms with van der Waals surface area (Å²) in [6, 6.07) is 13.3. The van der Waals surface area contributed by atoms with E-state index in [2.05, 4.69) is 4.98 Å². The minimum atomic E-state index is -0.948. The Hall–Kier alpha value is -2.74. The summed E-state index contributed by atoms with van der Waals surface area (Å²) in [6.45, 7) is 0.0196. The predicted molar refractivity (Wildman–Crippen MR) is 70.7 cm³/mol. The van der Waals surface area contributed by atoms with Crippen molar-refractivity contribution < 1.29 is 8.78 Å². The van der Waals surface area contributed by atoms with Crippen molar-refractivity contribution in [2.24, 2.45) is 0 Å². The Kier molecular flexibility index (Phi) is 2.92. The lowest BCUT2D eigenvalue weighted by Gasteiger charge is -2.04. The van der Waals surface area contributed by atoms with E-state index in [4.69, 9.17) is 5.26 Å². The second-order valence-corrected chi connectivity index (χ2v) is 4.30. The number of rotatable bonds is 2.